The average Bonchev–Trinajstić information content (AvgIpc) is 2.44. The third-order valence-electron chi connectivity index (χ3n) is 3.63. The lowest BCUT2D eigenvalue weighted by Gasteiger charge is -2.20. The molecule has 106 valence electrons. The molecule has 3 nitrogen and oxygen atoms in total. The topological polar surface area (TPSA) is 46.5 Å². The van der Waals surface area contributed by atoms with Crippen molar-refractivity contribution in [2.24, 2.45) is 0 Å². The Bertz CT molecular complexity index is 629. The van der Waals surface area contributed by atoms with Crippen molar-refractivity contribution in [3.05, 3.63) is 47.5 Å². The average molecular weight is 272 g/mol. The van der Waals surface area contributed by atoms with Crippen LogP contribution in [0.2, 0.25) is 0 Å². The standard InChI is InChI=1S/C17H20O3/c1-4-20-11-12-5-6-14-10-15(8-7-13(14)9-12)17(2,3)16(18)19/h5-10H,4,11H2,1-3H3,(H,18,19). The summed E-state index contributed by atoms with van der Waals surface area (Å²) >= 11 is 0. The van der Waals surface area contributed by atoms with Crippen molar-refractivity contribution in [3.63, 3.8) is 0 Å². The molecule has 0 bridgehead atoms. The molecule has 20 heavy (non-hydrogen) atoms. The third kappa shape index (κ3) is 2.83. The molecule has 1 N–H and O–H groups in total. The fourth-order valence-electron chi connectivity index (χ4n) is 2.12. The Balaban J connectivity index is 2.39. The lowest BCUT2D eigenvalue weighted by Crippen LogP contribution is -2.28. The summed E-state index contributed by atoms with van der Waals surface area (Å²) in [4.78, 5) is 11.3. The van der Waals surface area contributed by atoms with E-state index in [0.29, 0.717) is 13.2 Å². The van der Waals surface area contributed by atoms with E-state index < -0.39 is 11.4 Å². The highest BCUT2D eigenvalue weighted by molar-refractivity contribution is 5.87. The van der Waals surface area contributed by atoms with Gasteiger partial charge >= 0.3 is 5.97 Å². The molecule has 0 saturated carbocycles. The summed E-state index contributed by atoms with van der Waals surface area (Å²) in [5.41, 5.74) is 1.07. The van der Waals surface area contributed by atoms with Crippen molar-refractivity contribution in [1.82, 2.24) is 0 Å². The van der Waals surface area contributed by atoms with Gasteiger partial charge in [0, 0.05) is 6.61 Å². The fourth-order valence-corrected chi connectivity index (χ4v) is 2.12. The van der Waals surface area contributed by atoms with Crippen LogP contribution in [0.5, 0.6) is 0 Å². The Morgan fingerprint density at radius 2 is 1.80 bits per heavy atom. The van der Waals surface area contributed by atoms with Gasteiger partial charge in [-0.05, 0) is 48.7 Å². The van der Waals surface area contributed by atoms with E-state index in [9.17, 15) is 9.90 Å². The molecule has 0 aliphatic rings. The maximum Gasteiger partial charge on any atom is 0.313 e. The van der Waals surface area contributed by atoms with Crippen LogP contribution in [0.1, 0.15) is 31.9 Å². The van der Waals surface area contributed by atoms with Crippen LogP contribution in [0.25, 0.3) is 10.8 Å². The van der Waals surface area contributed by atoms with Gasteiger partial charge < -0.3 is 9.84 Å². The first kappa shape index (κ1) is 14.5. The van der Waals surface area contributed by atoms with E-state index in [0.717, 1.165) is 21.9 Å². The zero-order chi connectivity index (χ0) is 14.8. The lowest BCUT2D eigenvalue weighted by molar-refractivity contribution is -0.142. The summed E-state index contributed by atoms with van der Waals surface area (Å²) in [7, 11) is 0. The molecule has 3 heteroatoms. The van der Waals surface area contributed by atoms with Gasteiger partial charge in [0.2, 0.25) is 0 Å². The van der Waals surface area contributed by atoms with Gasteiger partial charge in [-0.1, -0.05) is 30.3 Å². The predicted octanol–water partition coefficient (Wildman–Crippen LogP) is 3.74. The quantitative estimate of drug-likeness (QED) is 0.902. The minimum atomic E-state index is -0.877. The second-order valence-corrected chi connectivity index (χ2v) is 5.46. The van der Waals surface area contributed by atoms with Gasteiger partial charge in [-0.15, -0.1) is 0 Å². The summed E-state index contributed by atoms with van der Waals surface area (Å²) in [6.45, 7) is 6.72. The molecule has 0 fully saturated rings. The van der Waals surface area contributed by atoms with Crippen LogP contribution in [0.3, 0.4) is 0 Å². The van der Waals surface area contributed by atoms with Gasteiger partial charge in [-0.2, -0.15) is 0 Å². The van der Waals surface area contributed by atoms with Gasteiger partial charge in [0.15, 0.2) is 0 Å². The Labute approximate surface area is 119 Å². The number of carboxylic acid groups (broad SMARTS) is 1. The number of hydrogen-bond acceptors (Lipinski definition) is 2. The van der Waals surface area contributed by atoms with Crippen LogP contribution in [0, 0.1) is 0 Å². The van der Waals surface area contributed by atoms with Crippen molar-refractivity contribution in [3.8, 4) is 0 Å². The molecule has 2 rings (SSSR count). The van der Waals surface area contributed by atoms with Crippen LogP contribution < -0.4 is 0 Å². The number of fused-ring (bicyclic) bond motifs is 1. The zero-order valence-corrected chi connectivity index (χ0v) is 12.1. The Hall–Kier alpha value is -1.87. The molecular weight excluding hydrogens is 252 g/mol. The zero-order valence-electron chi connectivity index (χ0n) is 12.1. The summed E-state index contributed by atoms with van der Waals surface area (Å²) in [5, 5.41) is 11.4. The first-order valence-electron chi connectivity index (χ1n) is 6.79. The maximum absolute atomic E-state index is 11.3. The van der Waals surface area contributed by atoms with E-state index in [1.165, 1.54) is 0 Å². The Morgan fingerprint density at radius 3 is 2.45 bits per heavy atom. The Morgan fingerprint density at radius 1 is 1.15 bits per heavy atom. The van der Waals surface area contributed by atoms with Gasteiger partial charge in [0.05, 0.1) is 12.0 Å². The van der Waals surface area contributed by atoms with Crippen LogP contribution in [0.4, 0.5) is 0 Å². The minimum absolute atomic E-state index is 0.606. The largest absolute Gasteiger partial charge is 0.481 e. The maximum atomic E-state index is 11.3. The summed E-state index contributed by atoms with van der Waals surface area (Å²) < 4.78 is 5.40. The smallest absolute Gasteiger partial charge is 0.313 e. The van der Waals surface area contributed by atoms with E-state index in [4.69, 9.17) is 4.74 Å². The lowest BCUT2D eigenvalue weighted by atomic mass is 9.84. The highest BCUT2D eigenvalue weighted by atomic mass is 16.5. The van der Waals surface area contributed by atoms with E-state index in [1.54, 1.807) is 13.8 Å². The first-order valence-corrected chi connectivity index (χ1v) is 6.79. The molecule has 2 aromatic carbocycles. The van der Waals surface area contributed by atoms with Crippen molar-refractivity contribution in [1.29, 1.82) is 0 Å². The number of hydrogen-bond donors (Lipinski definition) is 1. The second kappa shape index (κ2) is 5.63. The number of carboxylic acids is 1. The predicted molar refractivity (Wildman–Crippen MR) is 79.9 cm³/mol. The molecule has 0 atom stereocenters. The monoisotopic (exact) mass is 272 g/mol. The number of carbonyl (C=O) groups is 1. The fraction of sp³-hybridized carbons (Fsp3) is 0.353. The molecule has 0 heterocycles. The molecule has 0 spiro atoms. The van der Waals surface area contributed by atoms with Crippen molar-refractivity contribution in [2.75, 3.05) is 6.61 Å². The van der Waals surface area contributed by atoms with Crippen molar-refractivity contribution < 1.29 is 14.6 Å². The first-order chi connectivity index (χ1) is 9.45. The number of rotatable bonds is 5. The molecular formula is C17H20O3. The van der Waals surface area contributed by atoms with Gasteiger partial charge in [0.1, 0.15) is 0 Å². The second-order valence-electron chi connectivity index (χ2n) is 5.46. The normalized spacial score (nSPS) is 11.8. The van der Waals surface area contributed by atoms with Crippen molar-refractivity contribution >= 4 is 16.7 Å². The number of benzene rings is 2. The SMILES string of the molecule is CCOCc1ccc2cc(C(C)(C)C(=O)O)ccc2c1. The van der Waals surface area contributed by atoms with E-state index in [2.05, 4.69) is 6.07 Å². The van der Waals surface area contributed by atoms with Gasteiger partial charge in [0.25, 0.3) is 0 Å². The number of aliphatic carboxylic acids is 1. The molecule has 0 aliphatic heterocycles. The van der Waals surface area contributed by atoms with E-state index in [1.807, 2.05) is 37.3 Å². The summed E-state index contributed by atoms with van der Waals surface area (Å²) in [6.07, 6.45) is 0. The molecule has 0 aromatic heterocycles. The van der Waals surface area contributed by atoms with Gasteiger partial charge in [-0.3, -0.25) is 4.79 Å². The minimum Gasteiger partial charge on any atom is -0.481 e. The van der Waals surface area contributed by atoms with E-state index in [-0.39, 0.29) is 0 Å². The molecule has 0 amide bonds. The highest BCUT2D eigenvalue weighted by Gasteiger charge is 2.29. The highest BCUT2D eigenvalue weighted by Crippen LogP contribution is 2.27. The van der Waals surface area contributed by atoms with Crippen LogP contribution in [-0.2, 0) is 21.6 Å². The van der Waals surface area contributed by atoms with Crippen molar-refractivity contribution in [2.45, 2.75) is 32.8 Å². The summed E-state index contributed by atoms with van der Waals surface area (Å²) in [6, 6.07) is 11.9. The molecule has 0 unspecified atom stereocenters. The number of ether oxygens (including phenoxy) is 1. The molecule has 2 aromatic rings. The molecule has 0 aliphatic carbocycles. The molecule has 0 radical (unpaired) electrons. The third-order valence-corrected chi connectivity index (χ3v) is 3.63. The molecule has 0 saturated heterocycles. The Kier molecular flexibility index (Phi) is 4.09. The van der Waals surface area contributed by atoms with Crippen LogP contribution in [0.15, 0.2) is 36.4 Å². The van der Waals surface area contributed by atoms with Gasteiger partial charge in [-0.25, -0.2) is 0 Å². The van der Waals surface area contributed by atoms with Crippen LogP contribution in [-0.4, -0.2) is 17.7 Å². The van der Waals surface area contributed by atoms with Crippen LogP contribution >= 0.6 is 0 Å². The van der Waals surface area contributed by atoms with E-state index >= 15 is 0 Å². The summed E-state index contributed by atoms with van der Waals surface area (Å²) in [5.74, 6) is -0.815.